The molecule has 0 bridgehead atoms. The predicted octanol–water partition coefficient (Wildman–Crippen LogP) is 1.90. The summed E-state index contributed by atoms with van der Waals surface area (Å²) < 4.78 is 26.6. The number of nitrogens with one attached hydrogen (secondary N) is 1. The molecule has 1 amide bonds. The number of hydrogen-bond acceptors (Lipinski definition) is 2. The lowest BCUT2D eigenvalue weighted by Gasteiger charge is -2.08. The monoisotopic (exact) mass is 345 g/mol. The van der Waals surface area contributed by atoms with Crippen molar-refractivity contribution in [3.05, 3.63) is 16.4 Å². The van der Waals surface area contributed by atoms with Crippen molar-refractivity contribution in [3.8, 4) is 0 Å². The van der Waals surface area contributed by atoms with Crippen LogP contribution < -0.4 is 5.32 Å². The third kappa shape index (κ3) is 3.53. The highest BCUT2D eigenvalue weighted by Gasteiger charge is 2.25. The maximum Gasteiger partial charge on any atom is 0.318 e. The molecule has 0 saturated heterocycles. The van der Waals surface area contributed by atoms with Crippen LogP contribution in [0.4, 0.5) is 8.78 Å². The van der Waals surface area contributed by atoms with Crippen LogP contribution in [0.15, 0.2) is 10.8 Å². The van der Waals surface area contributed by atoms with Crippen LogP contribution in [-0.2, 0) is 7.05 Å². The van der Waals surface area contributed by atoms with E-state index >= 15 is 0 Å². The van der Waals surface area contributed by atoms with E-state index in [0.29, 0.717) is 4.60 Å². The Hall–Kier alpha value is -0.500. The molecule has 1 aromatic heterocycles. The Morgan fingerprint density at radius 2 is 2.33 bits per heavy atom. The zero-order valence-electron chi connectivity index (χ0n) is 7.60. The highest BCUT2D eigenvalue weighted by molar-refractivity contribution is 9.10. The van der Waals surface area contributed by atoms with Gasteiger partial charge in [0, 0.05) is 7.05 Å². The van der Waals surface area contributed by atoms with Gasteiger partial charge in [0.25, 0.3) is 5.91 Å². The van der Waals surface area contributed by atoms with Gasteiger partial charge in [-0.1, -0.05) is 0 Å². The highest BCUT2D eigenvalue weighted by Crippen LogP contribution is 2.20. The lowest BCUT2D eigenvalue weighted by molar-refractivity contribution is 0.0835. The van der Waals surface area contributed by atoms with Crippen LogP contribution in [0.1, 0.15) is 10.4 Å². The van der Waals surface area contributed by atoms with E-state index in [4.69, 9.17) is 0 Å². The largest absolute Gasteiger partial charge is 0.345 e. The molecule has 0 atom stereocenters. The van der Waals surface area contributed by atoms with Crippen LogP contribution in [0.3, 0.4) is 0 Å². The first-order valence-electron chi connectivity index (χ1n) is 3.83. The van der Waals surface area contributed by atoms with Crippen molar-refractivity contribution >= 4 is 37.8 Å². The van der Waals surface area contributed by atoms with Crippen molar-refractivity contribution in [3.63, 3.8) is 0 Å². The van der Waals surface area contributed by atoms with Crippen molar-refractivity contribution in [2.24, 2.45) is 7.05 Å². The third-order valence-corrected chi connectivity index (χ3v) is 2.78. The first-order valence-corrected chi connectivity index (χ1v) is 5.42. The zero-order valence-corrected chi connectivity index (χ0v) is 10.8. The Bertz CT molecular complexity index is 375. The van der Waals surface area contributed by atoms with E-state index in [1.165, 1.54) is 10.9 Å². The number of hydrogen-bond donors (Lipinski definition) is 1. The first kappa shape index (κ1) is 12.6. The van der Waals surface area contributed by atoms with Gasteiger partial charge in [-0.3, -0.25) is 9.48 Å². The van der Waals surface area contributed by atoms with Crippen LogP contribution >= 0.6 is 31.9 Å². The van der Waals surface area contributed by atoms with E-state index in [2.05, 4.69) is 42.3 Å². The SMILES string of the molecule is Cn1ncc(C(=O)NCC(F)(F)Br)c1Br. The fourth-order valence-corrected chi connectivity index (χ4v) is 1.36. The summed E-state index contributed by atoms with van der Waals surface area (Å²) in [5, 5.41) is 5.87. The Kier molecular flexibility index (Phi) is 3.82. The van der Waals surface area contributed by atoms with E-state index in [-0.39, 0.29) is 5.56 Å². The molecule has 0 radical (unpaired) electrons. The minimum absolute atomic E-state index is 0.217. The molecule has 1 aromatic rings. The lowest BCUT2D eigenvalue weighted by atomic mass is 10.3. The summed E-state index contributed by atoms with van der Waals surface area (Å²) in [7, 11) is 1.62. The number of alkyl halides is 3. The molecule has 0 saturated carbocycles. The average Bonchev–Trinajstić information content (AvgIpc) is 2.43. The third-order valence-electron chi connectivity index (χ3n) is 1.56. The molecule has 0 aliphatic rings. The van der Waals surface area contributed by atoms with Gasteiger partial charge in [-0.15, -0.1) is 0 Å². The number of aryl methyl sites for hydroxylation is 1. The number of nitrogens with zero attached hydrogens (tertiary/aromatic N) is 2. The van der Waals surface area contributed by atoms with E-state index < -0.39 is 17.3 Å². The Morgan fingerprint density at radius 3 is 2.73 bits per heavy atom. The summed E-state index contributed by atoms with van der Waals surface area (Å²) in [5.74, 6) is -0.603. The predicted molar refractivity (Wildman–Crippen MR) is 57.1 cm³/mol. The smallest absolute Gasteiger partial charge is 0.318 e. The molecule has 15 heavy (non-hydrogen) atoms. The second kappa shape index (κ2) is 4.56. The Balaban J connectivity index is 2.66. The van der Waals surface area contributed by atoms with E-state index in [9.17, 15) is 13.6 Å². The summed E-state index contributed by atoms with van der Waals surface area (Å²) in [6.45, 7) is -0.771. The molecule has 0 fully saturated rings. The first-order chi connectivity index (χ1) is 6.81. The summed E-state index contributed by atoms with van der Waals surface area (Å²) in [5.41, 5.74) is 0.217. The molecule has 0 aliphatic carbocycles. The Morgan fingerprint density at radius 1 is 1.73 bits per heavy atom. The van der Waals surface area contributed by atoms with Crippen LogP contribution in [0.5, 0.6) is 0 Å². The maximum absolute atomic E-state index is 12.4. The summed E-state index contributed by atoms with van der Waals surface area (Å²) >= 11 is 5.23. The number of carbonyl (C=O) groups is 1. The van der Waals surface area contributed by atoms with Crippen molar-refractivity contribution in [1.29, 1.82) is 0 Å². The summed E-state index contributed by atoms with van der Waals surface area (Å²) in [6, 6.07) is 0. The van der Waals surface area contributed by atoms with Crippen molar-refractivity contribution in [2.75, 3.05) is 6.54 Å². The fourth-order valence-electron chi connectivity index (χ4n) is 0.851. The number of rotatable bonds is 3. The molecule has 4 nitrogen and oxygen atoms in total. The quantitative estimate of drug-likeness (QED) is 0.850. The lowest BCUT2D eigenvalue weighted by Crippen LogP contribution is -2.32. The topological polar surface area (TPSA) is 46.9 Å². The fraction of sp³-hybridized carbons (Fsp3) is 0.429. The van der Waals surface area contributed by atoms with Gasteiger partial charge >= 0.3 is 4.83 Å². The minimum Gasteiger partial charge on any atom is -0.345 e. The zero-order chi connectivity index (χ0) is 11.6. The molecule has 0 aliphatic heterocycles. The molecule has 1 rings (SSSR count). The minimum atomic E-state index is -3.10. The van der Waals surface area contributed by atoms with Gasteiger partial charge in [0.15, 0.2) is 0 Å². The van der Waals surface area contributed by atoms with Crippen LogP contribution in [0, 0.1) is 0 Å². The van der Waals surface area contributed by atoms with E-state index in [1.807, 2.05) is 0 Å². The van der Waals surface area contributed by atoms with E-state index in [0.717, 1.165) is 0 Å². The molecule has 0 aromatic carbocycles. The number of amides is 1. The van der Waals surface area contributed by atoms with Crippen LogP contribution in [-0.4, -0.2) is 27.1 Å². The van der Waals surface area contributed by atoms with Gasteiger partial charge in [0.2, 0.25) is 0 Å². The second-order valence-electron chi connectivity index (χ2n) is 2.77. The van der Waals surface area contributed by atoms with E-state index in [1.54, 1.807) is 7.05 Å². The molecule has 1 N–H and O–H groups in total. The Labute approximate surface area is 101 Å². The molecule has 0 spiro atoms. The summed E-state index contributed by atoms with van der Waals surface area (Å²) in [4.78, 5) is 8.28. The summed E-state index contributed by atoms with van der Waals surface area (Å²) in [6.07, 6.45) is 1.30. The van der Waals surface area contributed by atoms with Crippen molar-refractivity contribution in [1.82, 2.24) is 15.1 Å². The van der Waals surface area contributed by atoms with Gasteiger partial charge in [-0.25, -0.2) is 0 Å². The number of carbonyl (C=O) groups excluding carboxylic acids is 1. The van der Waals surface area contributed by atoms with Crippen molar-refractivity contribution < 1.29 is 13.6 Å². The molecular weight excluding hydrogens is 340 g/mol. The molecule has 84 valence electrons. The molecule has 0 unspecified atom stereocenters. The van der Waals surface area contributed by atoms with Gasteiger partial charge < -0.3 is 5.32 Å². The van der Waals surface area contributed by atoms with Crippen LogP contribution in [0.25, 0.3) is 0 Å². The van der Waals surface area contributed by atoms with Crippen LogP contribution in [0.2, 0.25) is 0 Å². The normalized spacial score (nSPS) is 11.5. The van der Waals surface area contributed by atoms with Crippen molar-refractivity contribution in [2.45, 2.75) is 4.83 Å². The van der Waals surface area contributed by atoms with Gasteiger partial charge in [0.1, 0.15) is 4.60 Å². The standard InChI is InChI=1S/C7H7Br2F2N3O/c1-14-5(8)4(2-13-14)6(15)12-3-7(9,10)11/h2H,3H2,1H3,(H,12,15). The van der Waals surface area contributed by atoms with Gasteiger partial charge in [-0.05, 0) is 31.9 Å². The molecule has 8 heteroatoms. The number of aromatic nitrogens is 2. The molecule has 1 heterocycles. The van der Waals surface area contributed by atoms with Gasteiger partial charge in [0.05, 0.1) is 18.3 Å². The average molecular weight is 347 g/mol. The highest BCUT2D eigenvalue weighted by atomic mass is 79.9. The number of halogens is 4. The molecular formula is C7H7Br2F2N3O. The maximum atomic E-state index is 12.4. The van der Waals surface area contributed by atoms with Gasteiger partial charge in [-0.2, -0.15) is 13.9 Å². The second-order valence-corrected chi connectivity index (χ2v) is 4.68.